The zero-order chi connectivity index (χ0) is 13.0. The molecule has 0 saturated carbocycles. The molecular weight excluding hydrogens is 248 g/mol. The second-order valence-electron chi connectivity index (χ2n) is 3.77. The van der Waals surface area contributed by atoms with E-state index in [2.05, 4.69) is 32.6 Å². The first-order valence-electron chi connectivity index (χ1n) is 5.70. The van der Waals surface area contributed by atoms with Crippen LogP contribution in [0.1, 0.15) is 22.4 Å². The molecule has 6 nitrogen and oxygen atoms in total. The number of hydrogen-bond acceptors (Lipinski definition) is 7. The fraction of sp³-hybridized carbons (Fsp3) is 0.364. The molecule has 18 heavy (non-hydrogen) atoms. The molecule has 96 valence electrons. The Labute approximate surface area is 110 Å². The molecule has 0 unspecified atom stereocenters. The molecule has 0 radical (unpaired) electrons. The molecular formula is C11H16N6S. The SMILES string of the molecule is CCc1cnc(CNc2ncnc(NN)c2C)s1. The van der Waals surface area contributed by atoms with Crippen molar-refractivity contribution in [3.05, 3.63) is 28.0 Å². The van der Waals surface area contributed by atoms with E-state index in [4.69, 9.17) is 5.84 Å². The van der Waals surface area contributed by atoms with E-state index in [1.54, 1.807) is 11.3 Å². The summed E-state index contributed by atoms with van der Waals surface area (Å²) in [6.07, 6.45) is 4.41. The minimum atomic E-state index is 0.626. The zero-order valence-electron chi connectivity index (χ0n) is 10.4. The molecule has 2 heterocycles. The van der Waals surface area contributed by atoms with Crippen molar-refractivity contribution in [2.45, 2.75) is 26.8 Å². The molecule has 0 aliphatic rings. The zero-order valence-corrected chi connectivity index (χ0v) is 11.2. The van der Waals surface area contributed by atoms with Crippen molar-refractivity contribution < 1.29 is 0 Å². The third-order valence-corrected chi connectivity index (χ3v) is 3.72. The van der Waals surface area contributed by atoms with Gasteiger partial charge < -0.3 is 10.7 Å². The largest absolute Gasteiger partial charge is 0.363 e. The average molecular weight is 264 g/mol. The molecule has 4 N–H and O–H groups in total. The lowest BCUT2D eigenvalue weighted by Gasteiger charge is -2.09. The maximum absolute atomic E-state index is 5.37. The van der Waals surface area contributed by atoms with E-state index < -0.39 is 0 Å². The monoisotopic (exact) mass is 264 g/mol. The van der Waals surface area contributed by atoms with Gasteiger partial charge in [0.15, 0.2) is 0 Å². The topological polar surface area (TPSA) is 88.8 Å². The molecule has 0 bridgehead atoms. The number of rotatable bonds is 5. The van der Waals surface area contributed by atoms with Crippen LogP contribution in [0.15, 0.2) is 12.5 Å². The number of nitrogens with one attached hydrogen (secondary N) is 2. The van der Waals surface area contributed by atoms with Crippen LogP contribution < -0.4 is 16.6 Å². The third kappa shape index (κ3) is 2.74. The smallest absolute Gasteiger partial charge is 0.148 e. The van der Waals surface area contributed by atoms with Crippen LogP contribution in [0.4, 0.5) is 11.6 Å². The van der Waals surface area contributed by atoms with Crippen molar-refractivity contribution in [2.75, 3.05) is 10.7 Å². The van der Waals surface area contributed by atoms with Crippen LogP contribution in [0.25, 0.3) is 0 Å². The van der Waals surface area contributed by atoms with Crippen molar-refractivity contribution in [3.63, 3.8) is 0 Å². The number of hydrogen-bond donors (Lipinski definition) is 3. The molecule has 0 aromatic carbocycles. The summed E-state index contributed by atoms with van der Waals surface area (Å²) in [7, 11) is 0. The Hall–Kier alpha value is -1.73. The highest BCUT2D eigenvalue weighted by Gasteiger charge is 2.06. The molecule has 7 heteroatoms. The van der Waals surface area contributed by atoms with Crippen LogP contribution in [0.2, 0.25) is 0 Å². The highest BCUT2D eigenvalue weighted by Crippen LogP contribution is 2.19. The molecule has 0 aliphatic carbocycles. The predicted molar refractivity (Wildman–Crippen MR) is 73.4 cm³/mol. The Balaban J connectivity index is 2.06. The number of anilines is 2. The highest BCUT2D eigenvalue weighted by atomic mass is 32.1. The Kier molecular flexibility index (Phi) is 4.06. The molecule has 0 aliphatic heterocycles. The summed E-state index contributed by atoms with van der Waals surface area (Å²) in [5.74, 6) is 6.77. The number of thiazole rings is 1. The molecule has 2 rings (SSSR count). The quantitative estimate of drug-likeness (QED) is 0.562. The molecule has 2 aromatic rings. The van der Waals surface area contributed by atoms with Crippen molar-refractivity contribution in [1.29, 1.82) is 0 Å². The van der Waals surface area contributed by atoms with E-state index in [1.165, 1.54) is 11.2 Å². The standard InChI is InChI=1S/C11H16N6S/c1-3-8-4-13-9(18-8)5-14-10-7(2)11(17-12)16-6-15-10/h4,6H,3,5,12H2,1-2H3,(H2,14,15,16,17). The first-order valence-corrected chi connectivity index (χ1v) is 6.52. The predicted octanol–water partition coefficient (Wildman–Crippen LogP) is 1.70. The average Bonchev–Trinajstić information content (AvgIpc) is 2.85. The normalized spacial score (nSPS) is 10.4. The summed E-state index contributed by atoms with van der Waals surface area (Å²) in [5, 5.41) is 4.29. The third-order valence-electron chi connectivity index (χ3n) is 2.58. The summed E-state index contributed by atoms with van der Waals surface area (Å²) in [5.41, 5.74) is 3.44. The fourth-order valence-corrected chi connectivity index (χ4v) is 2.33. The van der Waals surface area contributed by atoms with Crippen LogP contribution in [0.5, 0.6) is 0 Å². The van der Waals surface area contributed by atoms with Gasteiger partial charge in [0.2, 0.25) is 0 Å². The first kappa shape index (κ1) is 12.7. The van der Waals surface area contributed by atoms with Crippen molar-refractivity contribution in [3.8, 4) is 0 Å². The number of nitrogens with zero attached hydrogens (tertiary/aromatic N) is 3. The maximum atomic E-state index is 5.37. The van der Waals surface area contributed by atoms with Gasteiger partial charge in [0.05, 0.1) is 6.54 Å². The lowest BCUT2D eigenvalue weighted by molar-refractivity contribution is 1.04. The van der Waals surface area contributed by atoms with E-state index in [0.717, 1.165) is 22.8 Å². The lowest BCUT2D eigenvalue weighted by atomic mass is 10.3. The number of aryl methyl sites for hydroxylation is 1. The summed E-state index contributed by atoms with van der Waals surface area (Å²) in [6, 6.07) is 0. The van der Waals surface area contributed by atoms with E-state index >= 15 is 0 Å². The van der Waals surface area contributed by atoms with E-state index in [9.17, 15) is 0 Å². The van der Waals surface area contributed by atoms with Gasteiger partial charge in [0.25, 0.3) is 0 Å². The Morgan fingerprint density at radius 1 is 1.28 bits per heavy atom. The van der Waals surface area contributed by atoms with Crippen LogP contribution in [-0.4, -0.2) is 15.0 Å². The van der Waals surface area contributed by atoms with Crippen LogP contribution >= 0.6 is 11.3 Å². The highest BCUT2D eigenvalue weighted by molar-refractivity contribution is 7.11. The van der Waals surface area contributed by atoms with Crippen molar-refractivity contribution in [1.82, 2.24) is 15.0 Å². The Bertz CT molecular complexity index is 524. The van der Waals surface area contributed by atoms with Crippen LogP contribution in [0.3, 0.4) is 0 Å². The maximum Gasteiger partial charge on any atom is 0.148 e. The van der Waals surface area contributed by atoms with Gasteiger partial charge in [-0.3, -0.25) is 0 Å². The van der Waals surface area contributed by atoms with Gasteiger partial charge in [-0.2, -0.15) is 0 Å². The van der Waals surface area contributed by atoms with Gasteiger partial charge in [0.1, 0.15) is 23.0 Å². The molecule has 0 amide bonds. The molecule has 2 aromatic heterocycles. The van der Waals surface area contributed by atoms with Crippen molar-refractivity contribution >= 4 is 23.0 Å². The summed E-state index contributed by atoms with van der Waals surface area (Å²) in [4.78, 5) is 13.9. The van der Waals surface area contributed by atoms with E-state index in [1.807, 2.05) is 13.1 Å². The molecule has 0 spiro atoms. The van der Waals surface area contributed by atoms with Gasteiger partial charge >= 0.3 is 0 Å². The minimum Gasteiger partial charge on any atom is -0.363 e. The summed E-state index contributed by atoms with van der Waals surface area (Å²) in [6.45, 7) is 4.70. The van der Waals surface area contributed by atoms with E-state index in [-0.39, 0.29) is 0 Å². The van der Waals surface area contributed by atoms with Crippen molar-refractivity contribution in [2.24, 2.45) is 5.84 Å². The first-order chi connectivity index (χ1) is 8.74. The van der Waals surface area contributed by atoms with Crippen LogP contribution in [0, 0.1) is 6.92 Å². The Morgan fingerprint density at radius 3 is 2.72 bits per heavy atom. The number of hydrazine groups is 1. The lowest BCUT2D eigenvalue weighted by Crippen LogP contribution is -2.12. The van der Waals surface area contributed by atoms with E-state index in [0.29, 0.717) is 12.4 Å². The summed E-state index contributed by atoms with van der Waals surface area (Å²) < 4.78 is 0. The number of aromatic nitrogens is 3. The van der Waals surface area contributed by atoms with Gasteiger partial charge in [-0.15, -0.1) is 11.3 Å². The summed E-state index contributed by atoms with van der Waals surface area (Å²) >= 11 is 1.71. The van der Waals surface area contributed by atoms with Gasteiger partial charge in [-0.05, 0) is 13.3 Å². The Morgan fingerprint density at radius 2 is 2.06 bits per heavy atom. The molecule has 0 atom stereocenters. The van der Waals surface area contributed by atoms with Gasteiger partial charge in [-0.1, -0.05) is 6.92 Å². The number of nitrogens with two attached hydrogens (primary N) is 1. The fourth-order valence-electron chi connectivity index (χ4n) is 1.53. The number of nitrogen functional groups attached to an aromatic ring is 1. The second-order valence-corrected chi connectivity index (χ2v) is 4.97. The van der Waals surface area contributed by atoms with Gasteiger partial charge in [0, 0.05) is 16.6 Å². The van der Waals surface area contributed by atoms with Gasteiger partial charge in [-0.25, -0.2) is 20.8 Å². The van der Waals surface area contributed by atoms with Crippen LogP contribution in [-0.2, 0) is 13.0 Å². The molecule has 0 fully saturated rings. The molecule has 0 saturated heterocycles. The second kappa shape index (κ2) is 5.74. The minimum absolute atomic E-state index is 0.626.